The van der Waals surface area contributed by atoms with Gasteiger partial charge in [-0.2, -0.15) is 4.39 Å². The normalized spacial score (nSPS) is 11.3. The summed E-state index contributed by atoms with van der Waals surface area (Å²) in [5.74, 6) is -1.91. The molecule has 1 rings (SSSR count). The molecule has 0 bridgehead atoms. The first kappa shape index (κ1) is 13.4. The van der Waals surface area contributed by atoms with Gasteiger partial charge in [0.05, 0.1) is 7.11 Å². The Bertz CT molecular complexity index is 469. The first-order chi connectivity index (χ1) is 7.97. The van der Waals surface area contributed by atoms with E-state index in [-0.39, 0.29) is 11.3 Å². The molecule has 92 valence electrons. The second kappa shape index (κ2) is 5.62. The summed E-state index contributed by atoms with van der Waals surface area (Å²) in [5.41, 5.74) is 2.02. The van der Waals surface area contributed by atoms with E-state index in [1.165, 1.54) is 19.2 Å². The van der Waals surface area contributed by atoms with E-state index in [1.54, 1.807) is 13.0 Å². The topological polar surface area (TPSA) is 9.23 Å². The lowest BCUT2D eigenvalue weighted by atomic mass is 10.1. The van der Waals surface area contributed by atoms with Crippen molar-refractivity contribution in [3.05, 3.63) is 47.1 Å². The summed E-state index contributed by atoms with van der Waals surface area (Å²) in [6.07, 6.45) is 3.62. The molecule has 0 atom stereocenters. The molecule has 0 N–H and O–H groups in total. The van der Waals surface area contributed by atoms with Crippen LogP contribution >= 0.6 is 0 Å². The fourth-order valence-corrected chi connectivity index (χ4v) is 1.38. The van der Waals surface area contributed by atoms with Crippen molar-refractivity contribution < 1.29 is 13.5 Å². The number of ether oxygens (including phenoxy) is 1. The lowest BCUT2D eigenvalue weighted by molar-refractivity contribution is 0.371. The van der Waals surface area contributed by atoms with Gasteiger partial charge in [0, 0.05) is 5.56 Å². The zero-order chi connectivity index (χ0) is 13.0. The molecule has 0 saturated carbocycles. The maximum absolute atomic E-state index is 13.7. The molecule has 0 amide bonds. The summed E-state index contributed by atoms with van der Waals surface area (Å²) < 4.78 is 31.9. The number of methoxy groups -OCH3 is 1. The van der Waals surface area contributed by atoms with Gasteiger partial charge in [-0.05, 0) is 38.5 Å². The molecule has 17 heavy (non-hydrogen) atoms. The van der Waals surface area contributed by atoms with Gasteiger partial charge in [0.25, 0.3) is 0 Å². The maximum Gasteiger partial charge on any atom is 0.201 e. The van der Waals surface area contributed by atoms with Crippen LogP contribution in [-0.4, -0.2) is 7.11 Å². The Kier molecular flexibility index (Phi) is 4.44. The number of benzene rings is 1. The number of allylic oxidation sites excluding steroid dienone is 4. The Balaban J connectivity index is 3.21. The molecule has 0 spiro atoms. The third-order valence-electron chi connectivity index (χ3n) is 2.36. The third kappa shape index (κ3) is 3.16. The predicted molar refractivity (Wildman–Crippen MR) is 66.0 cm³/mol. The second-order valence-corrected chi connectivity index (χ2v) is 4.04. The molecule has 0 aromatic heterocycles. The zero-order valence-electron chi connectivity index (χ0n) is 10.5. The summed E-state index contributed by atoms with van der Waals surface area (Å²) in [5, 5.41) is 0. The van der Waals surface area contributed by atoms with Gasteiger partial charge in [-0.1, -0.05) is 17.7 Å². The Morgan fingerprint density at radius 2 is 1.71 bits per heavy atom. The van der Waals surface area contributed by atoms with Crippen molar-refractivity contribution >= 4 is 5.57 Å². The van der Waals surface area contributed by atoms with Gasteiger partial charge in [0.1, 0.15) is 0 Å². The van der Waals surface area contributed by atoms with E-state index in [1.807, 2.05) is 19.9 Å². The first-order valence-corrected chi connectivity index (χ1v) is 5.31. The summed E-state index contributed by atoms with van der Waals surface area (Å²) >= 11 is 0. The van der Waals surface area contributed by atoms with Crippen molar-refractivity contribution in [1.82, 2.24) is 0 Å². The van der Waals surface area contributed by atoms with Crippen LogP contribution in [0.3, 0.4) is 0 Å². The van der Waals surface area contributed by atoms with Crippen LogP contribution in [0.1, 0.15) is 26.3 Å². The largest absolute Gasteiger partial charge is 0.494 e. The highest BCUT2D eigenvalue weighted by atomic mass is 19.2. The van der Waals surface area contributed by atoms with E-state index in [2.05, 4.69) is 0 Å². The van der Waals surface area contributed by atoms with Gasteiger partial charge in [-0.15, -0.1) is 0 Å². The molecular weight excluding hydrogens is 222 g/mol. The standard InChI is InChI=1S/C14H16F2O/c1-9(2)5-6-10(3)11-7-8-12(17-4)14(16)13(11)15/h5-8H,1-4H3. The average molecular weight is 238 g/mol. The average Bonchev–Trinajstić information content (AvgIpc) is 2.29. The molecule has 0 heterocycles. The molecule has 0 unspecified atom stereocenters. The molecule has 0 aliphatic heterocycles. The van der Waals surface area contributed by atoms with E-state index in [0.29, 0.717) is 5.57 Å². The Hall–Kier alpha value is -1.64. The van der Waals surface area contributed by atoms with Gasteiger partial charge < -0.3 is 4.74 Å². The van der Waals surface area contributed by atoms with E-state index in [4.69, 9.17) is 4.74 Å². The summed E-state index contributed by atoms with van der Waals surface area (Å²) in [6.45, 7) is 5.62. The van der Waals surface area contributed by atoms with Crippen LogP contribution < -0.4 is 4.74 Å². The molecule has 0 aliphatic carbocycles. The molecule has 3 heteroatoms. The first-order valence-electron chi connectivity index (χ1n) is 5.31. The monoisotopic (exact) mass is 238 g/mol. The number of halogens is 2. The predicted octanol–water partition coefficient (Wildman–Crippen LogP) is 4.34. The van der Waals surface area contributed by atoms with Crippen molar-refractivity contribution in [3.63, 3.8) is 0 Å². The molecular formula is C14H16F2O. The van der Waals surface area contributed by atoms with E-state index >= 15 is 0 Å². The number of hydrogen-bond donors (Lipinski definition) is 0. The Labute approximate surface area is 100 Å². The zero-order valence-corrected chi connectivity index (χ0v) is 10.5. The molecule has 0 radical (unpaired) electrons. The van der Waals surface area contributed by atoms with E-state index < -0.39 is 11.6 Å². The lowest BCUT2D eigenvalue weighted by Crippen LogP contribution is -1.96. The summed E-state index contributed by atoms with van der Waals surface area (Å²) in [4.78, 5) is 0. The van der Waals surface area contributed by atoms with Crippen LogP contribution in [0.5, 0.6) is 5.75 Å². The number of hydrogen-bond acceptors (Lipinski definition) is 1. The maximum atomic E-state index is 13.7. The molecule has 0 aliphatic rings. The minimum Gasteiger partial charge on any atom is -0.494 e. The minimum atomic E-state index is -0.949. The van der Waals surface area contributed by atoms with Crippen molar-refractivity contribution in [1.29, 1.82) is 0 Å². The minimum absolute atomic E-state index is 0.0822. The SMILES string of the molecule is COc1ccc(C(C)=CC=C(C)C)c(F)c1F. The highest BCUT2D eigenvalue weighted by Crippen LogP contribution is 2.26. The van der Waals surface area contributed by atoms with Crippen LogP contribution in [-0.2, 0) is 0 Å². The van der Waals surface area contributed by atoms with E-state index in [9.17, 15) is 8.78 Å². The second-order valence-electron chi connectivity index (χ2n) is 4.04. The highest BCUT2D eigenvalue weighted by Gasteiger charge is 2.14. The van der Waals surface area contributed by atoms with Gasteiger partial charge in [0.2, 0.25) is 5.82 Å². The van der Waals surface area contributed by atoms with Gasteiger partial charge in [0.15, 0.2) is 11.6 Å². The third-order valence-corrected chi connectivity index (χ3v) is 2.36. The van der Waals surface area contributed by atoms with Crippen molar-refractivity contribution in [2.45, 2.75) is 20.8 Å². The molecule has 1 aromatic carbocycles. The smallest absolute Gasteiger partial charge is 0.201 e. The fourth-order valence-electron chi connectivity index (χ4n) is 1.38. The van der Waals surface area contributed by atoms with Crippen LogP contribution in [0.2, 0.25) is 0 Å². The van der Waals surface area contributed by atoms with Crippen LogP contribution in [0.25, 0.3) is 5.57 Å². The van der Waals surface area contributed by atoms with Gasteiger partial charge in [-0.3, -0.25) is 0 Å². The van der Waals surface area contributed by atoms with Crippen LogP contribution in [0.15, 0.2) is 29.9 Å². The fraction of sp³-hybridized carbons (Fsp3) is 0.286. The Morgan fingerprint density at radius 1 is 1.06 bits per heavy atom. The molecule has 0 fully saturated rings. The summed E-state index contributed by atoms with van der Waals surface area (Å²) in [7, 11) is 1.31. The van der Waals surface area contributed by atoms with E-state index in [0.717, 1.165) is 5.57 Å². The van der Waals surface area contributed by atoms with Gasteiger partial charge in [-0.25, -0.2) is 4.39 Å². The van der Waals surface area contributed by atoms with Crippen molar-refractivity contribution in [3.8, 4) is 5.75 Å². The summed E-state index contributed by atoms with van der Waals surface area (Å²) in [6, 6.07) is 2.94. The van der Waals surface area contributed by atoms with Crippen molar-refractivity contribution in [2.24, 2.45) is 0 Å². The lowest BCUT2D eigenvalue weighted by Gasteiger charge is -2.07. The number of rotatable bonds is 3. The van der Waals surface area contributed by atoms with Crippen LogP contribution in [0.4, 0.5) is 8.78 Å². The molecule has 1 aromatic rings. The van der Waals surface area contributed by atoms with Crippen molar-refractivity contribution in [2.75, 3.05) is 7.11 Å². The highest BCUT2D eigenvalue weighted by molar-refractivity contribution is 5.66. The quantitative estimate of drug-likeness (QED) is 0.711. The van der Waals surface area contributed by atoms with Crippen LogP contribution in [0, 0.1) is 11.6 Å². The Morgan fingerprint density at radius 3 is 2.24 bits per heavy atom. The molecule has 1 nitrogen and oxygen atoms in total. The van der Waals surface area contributed by atoms with Gasteiger partial charge >= 0.3 is 0 Å². The molecule has 0 saturated heterocycles.